The van der Waals surface area contributed by atoms with Gasteiger partial charge in [0.1, 0.15) is 0 Å². The Bertz CT molecular complexity index is 1550. The molecule has 0 aliphatic carbocycles. The molecule has 0 unspecified atom stereocenters. The van der Waals surface area contributed by atoms with E-state index in [1.165, 1.54) is 21.9 Å². The van der Waals surface area contributed by atoms with Crippen LogP contribution >= 0.6 is 15.9 Å². The van der Waals surface area contributed by atoms with Crippen molar-refractivity contribution < 1.29 is 0 Å². The second kappa shape index (κ2) is 12.9. The van der Waals surface area contributed by atoms with Crippen molar-refractivity contribution >= 4 is 49.3 Å². The standard InChI is InChI=1S/C34H26BrN.C2H6/c1-3-9-25(4-2)26-18-22-31(23-19-26)36(34-15-8-11-28-10-5-6-14-33(28)34)32-13-7-12-29(24-32)27-16-20-30(35)21-17-27;1-2/h3-24H,1-2H2;1-2H3/b25-9+;. The van der Waals surface area contributed by atoms with Crippen LogP contribution in [-0.2, 0) is 0 Å². The molecular weight excluding hydrogens is 526 g/mol. The molecule has 188 valence electrons. The van der Waals surface area contributed by atoms with Crippen LogP contribution in [-0.4, -0.2) is 0 Å². The third kappa shape index (κ3) is 5.88. The Labute approximate surface area is 235 Å². The lowest BCUT2D eigenvalue weighted by Gasteiger charge is -2.27. The van der Waals surface area contributed by atoms with Crippen LogP contribution in [0.3, 0.4) is 0 Å². The highest BCUT2D eigenvalue weighted by atomic mass is 79.9. The highest BCUT2D eigenvalue weighted by Crippen LogP contribution is 2.40. The average molecular weight is 559 g/mol. The SMILES string of the molecule is C=C/C=C(\C=C)c1ccc(N(c2cccc(-c3ccc(Br)cc3)c2)c2cccc3ccccc23)cc1.CC. The van der Waals surface area contributed by atoms with Crippen molar-refractivity contribution in [2.45, 2.75) is 13.8 Å². The number of nitrogens with zero attached hydrogens (tertiary/aromatic N) is 1. The summed E-state index contributed by atoms with van der Waals surface area (Å²) in [5, 5.41) is 2.42. The normalized spacial score (nSPS) is 10.9. The number of anilines is 3. The number of benzene rings is 5. The largest absolute Gasteiger partial charge is 0.310 e. The van der Waals surface area contributed by atoms with Gasteiger partial charge in [-0.1, -0.05) is 134 Å². The molecule has 1 nitrogen and oxygen atoms in total. The van der Waals surface area contributed by atoms with Gasteiger partial charge in [0, 0.05) is 21.2 Å². The minimum Gasteiger partial charge on any atom is -0.310 e. The third-order valence-electron chi connectivity index (χ3n) is 6.27. The maximum Gasteiger partial charge on any atom is 0.0540 e. The summed E-state index contributed by atoms with van der Waals surface area (Å²) in [6.07, 6.45) is 5.63. The monoisotopic (exact) mass is 557 g/mol. The number of halogens is 1. The molecule has 5 aromatic carbocycles. The molecule has 0 heterocycles. The lowest BCUT2D eigenvalue weighted by molar-refractivity contribution is 1.29. The van der Waals surface area contributed by atoms with E-state index in [2.05, 4.69) is 149 Å². The van der Waals surface area contributed by atoms with Crippen molar-refractivity contribution in [1.29, 1.82) is 0 Å². The van der Waals surface area contributed by atoms with Crippen molar-refractivity contribution in [3.63, 3.8) is 0 Å². The summed E-state index contributed by atoms with van der Waals surface area (Å²) in [4.78, 5) is 2.33. The van der Waals surface area contributed by atoms with Crippen molar-refractivity contribution in [2.75, 3.05) is 4.90 Å². The highest BCUT2D eigenvalue weighted by Gasteiger charge is 2.16. The van der Waals surface area contributed by atoms with Gasteiger partial charge in [-0.2, -0.15) is 0 Å². The zero-order valence-corrected chi connectivity index (χ0v) is 23.5. The first-order valence-corrected chi connectivity index (χ1v) is 13.7. The number of fused-ring (bicyclic) bond motifs is 1. The fourth-order valence-electron chi connectivity index (χ4n) is 4.51. The minimum absolute atomic E-state index is 1.05. The Morgan fingerprint density at radius 1 is 0.684 bits per heavy atom. The number of hydrogen-bond acceptors (Lipinski definition) is 1. The van der Waals surface area contributed by atoms with Gasteiger partial charge in [0.2, 0.25) is 0 Å². The Balaban J connectivity index is 0.00000164. The molecule has 0 aliphatic rings. The molecule has 0 radical (unpaired) electrons. The van der Waals surface area contributed by atoms with E-state index in [1.54, 1.807) is 6.08 Å². The average Bonchev–Trinajstić information content (AvgIpc) is 2.98. The van der Waals surface area contributed by atoms with E-state index in [1.807, 2.05) is 26.0 Å². The van der Waals surface area contributed by atoms with Gasteiger partial charge < -0.3 is 4.90 Å². The molecule has 2 heteroatoms. The summed E-state index contributed by atoms with van der Waals surface area (Å²) >= 11 is 3.55. The highest BCUT2D eigenvalue weighted by molar-refractivity contribution is 9.10. The van der Waals surface area contributed by atoms with E-state index in [4.69, 9.17) is 0 Å². The molecule has 0 bridgehead atoms. The molecule has 5 aromatic rings. The molecule has 0 amide bonds. The zero-order chi connectivity index (χ0) is 26.9. The van der Waals surface area contributed by atoms with Crippen LogP contribution in [0.4, 0.5) is 17.1 Å². The van der Waals surface area contributed by atoms with Gasteiger partial charge in [-0.3, -0.25) is 0 Å². The molecule has 0 saturated carbocycles. The molecule has 0 fully saturated rings. The molecule has 0 aromatic heterocycles. The summed E-state index contributed by atoms with van der Waals surface area (Å²) in [5.41, 5.74) is 7.83. The molecule has 0 atom stereocenters. The van der Waals surface area contributed by atoms with Crippen LogP contribution in [0.1, 0.15) is 19.4 Å². The van der Waals surface area contributed by atoms with E-state index in [0.29, 0.717) is 0 Å². The first-order valence-electron chi connectivity index (χ1n) is 12.9. The summed E-state index contributed by atoms with van der Waals surface area (Å²) in [6, 6.07) is 40.8. The smallest absolute Gasteiger partial charge is 0.0540 e. The summed E-state index contributed by atoms with van der Waals surface area (Å²) in [7, 11) is 0. The summed E-state index contributed by atoms with van der Waals surface area (Å²) in [6.45, 7) is 11.8. The van der Waals surface area contributed by atoms with Gasteiger partial charge in [-0.25, -0.2) is 0 Å². The first kappa shape index (κ1) is 26.9. The Hall–Kier alpha value is -4.14. The van der Waals surface area contributed by atoms with E-state index < -0.39 is 0 Å². The molecule has 5 rings (SSSR count). The van der Waals surface area contributed by atoms with Gasteiger partial charge in [-0.15, -0.1) is 0 Å². The van der Waals surface area contributed by atoms with E-state index in [-0.39, 0.29) is 0 Å². The molecule has 0 N–H and O–H groups in total. The topological polar surface area (TPSA) is 3.24 Å². The van der Waals surface area contributed by atoms with Crippen molar-refractivity contribution in [3.05, 3.63) is 157 Å². The van der Waals surface area contributed by atoms with Crippen molar-refractivity contribution in [2.24, 2.45) is 0 Å². The summed E-state index contributed by atoms with van der Waals surface area (Å²) in [5.74, 6) is 0. The Morgan fingerprint density at radius 3 is 2.08 bits per heavy atom. The van der Waals surface area contributed by atoms with E-state index in [9.17, 15) is 0 Å². The maximum absolute atomic E-state index is 3.96. The zero-order valence-electron chi connectivity index (χ0n) is 21.9. The molecule has 38 heavy (non-hydrogen) atoms. The van der Waals surface area contributed by atoms with Crippen LogP contribution < -0.4 is 4.90 Å². The lowest BCUT2D eigenvalue weighted by atomic mass is 10.0. The van der Waals surface area contributed by atoms with Crippen LogP contribution in [0.5, 0.6) is 0 Å². The predicted octanol–water partition coefficient (Wildman–Crippen LogP) is 11.5. The maximum atomic E-state index is 3.96. The van der Waals surface area contributed by atoms with Gasteiger partial charge in [-0.05, 0) is 70.1 Å². The second-order valence-corrected chi connectivity index (χ2v) is 9.42. The van der Waals surface area contributed by atoms with E-state index in [0.717, 1.165) is 32.7 Å². The summed E-state index contributed by atoms with van der Waals surface area (Å²) < 4.78 is 1.07. The first-order chi connectivity index (χ1) is 18.7. The van der Waals surface area contributed by atoms with Gasteiger partial charge in [0.05, 0.1) is 5.69 Å². The van der Waals surface area contributed by atoms with Gasteiger partial charge in [0.25, 0.3) is 0 Å². The van der Waals surface area contributed by atoms with Crippen molar-refractivity contribution in [1.82, 2.24) is 0 Å². The fraction of sp³-hybridized carbons (Fsp3) is 0.0556. The lowest BCUT2D eigenvalue weighted by Crippen LogP contribution is -2.10. The molecule has 0 spiro atoms. The van der Waals surface area contributed by atoms with Crippen LogP contribution in [0.15, 0.2) is 151 Å². The molecule has 0 aliphatic heterocycles. The van der Waals surface area contributed by atoms with Crippen molar-refractivity contribution in [3.8, 4) is 11.1 Å². The Kier molecular flexibility index (Phi) is 9.13. The van der Waals surface area contributed by atoms with Gasteiger partial charge >= 0.3 is 0 Å². The fourth-order valence-corrected chi connectivity index (χ4v) is 4.77. The third-order valence-corrected chi connectivity index (χ3v) is 6.79. The number of hydrogen-bond donors (Lipinski definition) is 0. The second-order valence-electron chi connectivity index (χ2n) is 8.50. The molecule has 0 saturated heterocycles. The Morgan fingerprint density at radius 2 is 1.37 bits per heavy atom. The van der Waals surface area contributed by atoms with Crippen LogP contribution in [0.25, 0.3) is 27.5 Å². The quantitative estimate of drug-likeness (QED) is 0.180. The number of rotatable bonds is 7. The van der Waals surface area contributed by atoms with Gasteiger partial charge in [0.15, 0.2) is 0 Å². The minimum atomic E-state index is 1.05. The predicted molar refractivity (Wildman–Crippen MR) is 171 cm³/mol. The van der Waals surface area contributed by atoms with E-state index >= 15 is 0 Å². The molecular formula is C36H32BrN. The van der Waals surface area contributed by atoms with Crippen LogP contribution in [0.2, 0.25) is 0 Å². The van der Waals surface area contributed by atoms with Crippen LogP contribution in [0, 0.1) is 0 Å². The number of allylic oxidation sites excluding steroid dienone is 4.